The van der Waals surface area contributed by atoms with Crippen LogP contribution < -0.4 is 9.64 Å². The number of piperidine rings is 1. The number of hydrogen-bond donors (Lipinski definition) is 1. The Labute approximate surface area is 138 Å². The molecular formula is C17H26ClNO3. The summed E-state index contributed by atoms with van der Waals surface area (Å²) in [5.41, 5.74) is 0.604. The molecule has 0 aromatic heterocycles. The minimum absolute atomic E-state index is 0.181. The average Bonchev–Trinajstić information content (AvgIpc) is 2.35. The molecule has 0 aliphatic carbocycles. The number of ether oxygens (including phenoxy) is 2. The van der Waals surface area contributed by atoms with Crippen molar-refractivity contribution in [3.63, 3.8) is 0 Å². The monoisotopic (exact) mass is 327 g/mol. The predicted molar refractivity (Wildman–Crippen MR) is 89.8 cm³/mol. The molecule has 124 valence electrons. The highest BCUT2D eigenvalue weighted by Crippen LogP contribution is 2.45. The van der Waals surface area contributed by atoms with Crippen LogP contribution in [0.15, 0.2) is 18.2 Å². The van der Waals surface area contributed by atoms with Crippen LogP contribution in [0.2, 0.25) is 5.02 Å². The number of hydrogen-bond acceptors (Lipinski definition) is 4. The lowest BCUT2D eigenvalue weighted by Crippen LogP contribution is -2.62. The Kier molecular flexibility index (Phi) is 4.95. The van der Waals surface area contributed by atoms with Gasteiger partial charge >= 0.3 is 0 Å². The highest BCUT2D eigenvalue weighted by atomic mass is 35.5. The molecule has 0 spiro atoms. The van der Waals surface area contributed by atoms with Gasteiger partial charge in [-0.3, -0.25) is 0 Å². The van der Waals surface area contributed by atoms with Crippen molar-refractivity contribution in [3.8, 4) is 5.75 Å². The van der Waals surface area contributed by atoms with Crippen molar-refractivity contribution in [2.75, 3.05) is 18.8 Å². The van der Waals surface area contributed by atoms with Crippen molar-refractivity contribution in [2.24, 2.45) is 0 Å². The van der Waals surface area contributed by atoms with Crippen LogP contribution in [0.25, 0.3) is 0 Å². The van der Waals surface area contributed by atoms with Gasteiger partial charge in [-0.2, -0.15) is 0 Å². The van der Waals surface area contributed by atoms with Crippen molar-refractivity contribution in [3.05, 3.63) is 23.2 Å². The van der Waals surface area contributed by atoms with Gasteiger partial charge < -0.3 is 19.5 Å². The third-order valence-electron chi connectivity index (χ3n) is 4.18. The Hall–Kier alpha value is -0.970. The molecule has 0 radical (unpaired) electrons. The first-order valence-corrected chi connectivity index (χ1v) is 7.95. The van der Waals surface area contributed by atoms with Gasteiger partial charge in [0.1, 0.15) is 5.75 Å². The van der Waals surface area contributed by atoms with E-state index in [4.69, 9.17) is 21.1 Å². The molecular weight excluding hydrogens is 302 g/mol. The molecule has 2 rings (SSSR count). The molecule has 1 aliphatic heterocycles. The van der Waals surface area contributed by atoms with Crippen LogP contribution in [0.3, 0.4) is 0 Å². The number of anilines is 1. The minimum atomic E-state index is -0.288. The van der Waals surface area contributed by atoms with Gasteiger partial charge in [0.25, 0.3) is 0 Å². The summed E-state index contributed by atoms with van der Waals surface area (Å²) < 4.78 is 10.3. The van der Waals surface area contributed by atoms with E-state index in [-0.39, 0.29) is 24.0 Å². The summed E-state index contributed by atoms with van der Waals surface area (Å²) in [5, 5.41) is 10.8. The number of aliphatic hydroxyl groups is 1. The van der Waals surface area contributed by atoms with Gasteiger partial charge in [-0.05, 0) is 52.7 Å². The molecule has 0 unspecified atom stereocenters. The molecule has 1 fully saturated rings. The summed E-state index contributed by atoms with van der Waals surface area (Å²) in [4.78, 5) is 2.31. The topological polar surface area (TPSA) is 41.9 Å². The molecule has 0 atom stereocenters. The maximum absolute atomic E-state index is 10.2. The molecule has 0 saturated carbocycles. The summed E-state index contributed by atoms with van der Waals surface area (Å²) in [6.45, 7) is 8.76. The molecule has 4 nitrogen and oxygen atoms in total. The largest absolute Gasteiger partial charge is 0.468 e. The normalized spacial score (nSPS) is 21.0. The summed E-state index contributed by atoms with van der Waals surface area (Å²) in [6.07, 6.45) is 1.15. The van der Waals surface area contributed by atoms with E-state index in [1.165, 1.54) is 0 Å². The number of rotatable bonds is 4. The smallest absolute Gasteiger partial charge is 0.188 e. The number of benzene rings is 1. The minimum Gasteiger partial charge on any atom is -0.468 e. The average molecular weight is 328 g/mol. The molecule has 0 amide bonds. The van der Waals surface area contributed by atoms with Crippen LogP contribution in [0.4, 0.5) is 5.69 Å². The molecule has 22 heavy (non-hydrogen) atoms. The first-order valence-electron chi connectivity index (χ1n) is 7.57. The zero-order valence-corrected chi connectivity index (χ0v) is 14.8. The van der Waals surface area contributed by atoms with Crippen LogP contribution in [-0.4, -0.2) is 36.2 Å². The van der Waals surface area contributed by atoms with E-state index in [1.54, 1.807) is 7.11 Å². The second-order valence-electron chi connectivity index (χ2n) is 7.19. The molecule has 1 N–H and O–H groups in total. The van der Waals surface area contributed by atoms with E-state index >= 15 is 0 Å². The lowest BCUT2D eigenvalue weighted by Gasteiger charge is -2.56. The van der Waals surface area contributed by atoms with Crippen LogP contribution in [0, 0.1) is 0 Å². The Morgan fingerprint density at radius 1 is 1.23 bits per heavy atom. The van der Waals surface area contributed by atoms with Gasteiger partial charge in [0.05, 0.1) is 16.8 Å². The van der Waals surface area contributed by atoms with Gasteiger partial charge in [0, 0.05) is 24.3 Å². The quantitative estimate of drug-likeness (QED) is 0.853. The first-order chi connectivity index (χ1) is 10.2. The van der Waals surface area contributed by atoms with Gasteiger partial charge in [-0.1, -0.05) is 11.6 Å². The van der Waals surface area contributed by atoms with E-state index in [0.717, 1.165) is 5.69 Å². The maximum Gasteiger partial charge on any atom is 0.188 e. The van der Waals surface area contributed by atoms with Crippen LogP contribution in [0.1, 0.15) is 40.5 Å². The zero-order valence-electron chi connectivity index (χ0n) is 14.0. The van der Waals surface area contributed by atoms with Crippen molar-refractivity contribution in [1.82, 2.24) is 0 Å². The third-order valence-corrected chi connectivity index (χ3v) is 4.49. The van der Waals surface area contributed by atoms with E-state index in [0.29, 0.717) is 23.6 Å². The second kappa shape index (κ2) is 6.26. The Bertz CT molecular complexity index is 513. The zero-order chi connectivity index (χ0) is 16.5. The van der Waals surface area contributed by atoms with E-state index in [1.807, 2.05) is 18.2 Å². The van der Waals surface area contributed by atoms with Gasteiger partial charge in [-0.15, -0.1) is 0 Å². The Morgan fingerprint density at radius 3 is 2.32 bits per heavy atom. The fourth-order valence-corrected chi connectivity index (χ4v) is 4.02. The summed E-state index contributed by atoms with van der Waals surface area (Å²) in [7, 11) is 1.58. The molecule has 1 aromatic carbocycles. The van der Waals surface area contributed by atoms with Crippen molar-refractivity contribution >= 4 is 17.3 Å². The molecule has 1 aliphatic rings. The second-order valence-corrected chi connectivity index (χ2v) is 7.59. The molecule has 5 heteroatoms. The fourth-order valence-electron chi connectivity index (χ4n) is 3.77. The highest BCUT2D eigenvalue weighted by molar-refractivity contribution is 6.33. The predicted octanol–water partition coefficient (Wildman–Crippen LogP) is 3.84. The van der Waals surface area contributed by atoms with Gasteiger partial charge in [0.2, 0.25) is 0 Å². The first kappa shape index (κ1) is 17.4. The standard InChI is InChI=1S/C17H26ClNO3/c1-16(2)9-12(20)10-17(3,4)19(16)15-7-6-13(8-14(15)18)22-11-21-5/h6-8,12,20H,9-11H2,1-5H3. The number of aliphatic hydroxyl groups excluding tert-OH is 1. The fraction of sp³-hybridized carbons (Fsp3) is 0.647. The summed E-state index contributed by atoms with van der Waals surface area (Å²) in [6, 6.07) is 5.69. The number of methoxy groups -OCH3 is 1. The van der Waals surface area contributed by atoms with Crippen molar-refractivity contribution < 1.29 is 14.6 Å². The molecule has 1 heterocycles. The highest BCUT2D eigenvalue weighted by Gasteiger charge is 2.45. The van der Waals surface area contributed by atoms with Crippen LogP contribution in [-0.2, 0) is 4.74 Å². The van der Waals surface area contributed by atoms with Crippen molar-refractivity contribution in [2.45, 2.75) is 57.7 Å². The lowest BCUT2D eigenvalue weighted by molar-refractivity contribution is 0.0510. The third kappa shape index (κ3) is 3.50. The van der Waals surface area contributed by atoms with E-state index < -0.39 is 0 Å². The maximum atomic E-state index is 10.2. The van der Waals surface area contributed by atoms with Crippen LogP contribution in [0.5, 0.6) is 5.75 Å². The van der Waals surface area contributed by atoms with Crippen LogP contribution >= 0.6 is 11.6 Å². The van der Waals surface area contributed by atoms with Gasteiger partial charge in [-0.25, -0.2) is 0 Å². The molecule has 1 saturated heterocycles. The summed E-state index contributed by atoms with van der Waals surface area (Å²) in [5.74, 6) is 0.684. The Balaban J connectivity index is 2.36. The van der Waals surface area contributed by atoms with E-state index in [9.17, 15) is 5.11 Å². The SMILES string of the molecule is COCOc1ccc(N2C(C)(C)CC(O)CC2(C)C)c(Cl)c1. The molecule has 0 bridgehead atoms. The lowest BCUT2D eigenvalue weighted by atomic mass is 9.77. The van der Waals surface area contributed by atoms with Crippen molar-refractivity contribution in [1.29, 1.82) is 0 Å². The van der Waals surface area contributed by atoms with E-state index in [2.05, 4.69) is 32.6 Å². The molecule has 1 aromatic rings. The summed E-state index contributed by atoms with van der Waals surface area (Å²) >= 11 is 6.51. The Morgan fingerprint density at radius 2 is 1.82 bits per heavy atom. The number of nitrogens with zero attached hydrogens (tertiary/aromatic N) is 1. The number of halogens is 1. The van der Waals surface area contributed by atoms with Gasteiger partial charge in [0.15, 0.2) is 6.79 Å².